The van der Waals surface area contributed by atoms with Crippen LogP contribution in [0.2, 0.25) is 0 Å². The van der Waals surface area contributed by atoms with Crippen LogP contribution in [0.4, 0.5) is 17.1 Å². The quantitative estimate of drug-likeness (QED) is 0.159. The van der Waals surface area contributed by atoms with Gasteiger partial charge in [-0.3, -0.25) is 0 Å². The lowest BCUT2D eigenvalue weighted by Gasteiger charge is -2.34. The molecule has 0 spiro atoms. The average molecular weight is 867 g/mol. The summed E-state index contributed by atoms with van der Waals surface area (Å²) in [6.45, 7) is 0. The Bertz CT molecular complexity index is 4030. The number of para-hydroxylation sites is 2. The normalized spacial score (nSPS) is 12.8. The van der Waals surface area contributed by atoms with Crippen molar-refractivity contribution < 1.29 is 4.42 Å². The van der Waals surface area contributed by atoms with Gasteiger partial charge in [0.1, 0.15) is 11.2 Å². The smallest absolute Gasteiger partial charge is 0.137 e. The van der Waals surface area contributed by atoms with E-state index < -0.39 is 5.41 Å². The maximum Gasteiger partial charge on any atom is 0.137 e. The Balaban J connectivity index is 0.998. The van der Waals surface area contributed by atoms with Gasteiger partial charge in [-0.05, 0) is 98.9 Å². The van der Waals surface area contributed by atoms with Gasteiger partial charge >= 0.3 is 0 Å². The summed E-state index contributed by atoms with van der Waals surface area (Å²) >= 11 is 0. The molecule has 68 heavy (non-hydrogen) atoms. The lowest BCUT2D eigenvalue weighted by molar-refractivity contribution is 0.669. The Morgan fingerprint density at radius 1 is 0.397 bits per heavy atom. The van der Waals surface area contributed by atoms with Crippen LogP contribution in [0.5, 0.6) is 0 Å². The number of rotatable bonds is 7. The monoisotopic (exact) mass is 866 g/mol. The highest BCUT2D eigenvalue weighted by molar-refractivity contribution is 6.19. The molecule has 14 rings (SSSR count). The van der Waals surface area contributed by atoms with Crippen molar-refractivity contribution >= 4 is 71.6 Å². The van der Waals surface area contributed by atoms with Gasteiger partial charge in [-0.2, -0.15) is 0 Å². The molecule has 0 atom stereocenters. The Labute approximate surface area is 394 Å². The molecule has 318 valence electrons. The van der Waals surface area contributed by atoms with E-state index in [-0.39, 0.29) is 0 Å². The average Bonchev–Trinajstić information content (AvgIpc) is 4.07. The van der Waals surface area contributed by atoms with Gasteiger partial charge in [0.15, 0.2) is 0 Å². The largest absolute Gasteiger partial charge is 0.456 e. The van der Waals surface area contributed by atoms with Crippen molar-refractivity contribution in [1.82, 2.24) is 4.57 Å². The summed E-state index contributed by atoms with van der Waals surface area (Å²) in [7, 11) is 0. The van der Waals surface area contributed by atoms with Crippen LogP contribution in [-0.4, -0.2) is 4.57 Å². The molecule has 3 nitrogen and oxygen atoms in total. The van der Waals surface area contributed by atoms with Gasteiger partial charge < -0.3 is 13.9 Å². The first-order valence-electron chi connectivity index (χ1n) is 23.4. The topological polar surface area (TPSA) is 21.3 Å². The highest BCUT2D eigenvalue weighted by Crippen LogP contribution is 2.60. The van der Waals surface area contributed by atoms with Crippen LogP contribution in [0, 0.1) is 0 Å². The first kappa shape index (κ1) is 38.4. The van der Waals surface area contributed by atoms with Crippen molar-refractivity contribution in [3.05, 3.63) is 277 Å². The number of benzene rings is 11. The number of nitrogens with zero attached hydrogens (tertiary/aromatic N) is 2. The fourth-order valence-corrected chi connectivity index (χ4v) is 11.6. The second-order valence-corrected chi connectivity index (χ2v) is 17.9. The molecule has 0 amide bonds. The molecule has 0 aliphatic heterocycles. The molecule has 1 aliphatic rings. The van der Waals surface area contributed by atoms with E-state index >= 15 is 0 Å². The van der Waals surface area contributed by atoms with Gasteiger partial charge in [0.25, 0.3) is 0 Å². The van der Waals surface area contributed by atoms with E-state index in [0.29, 0.717) is 0 Å². The zero-order chi connectivity index (χ0) is 44.8. The second kappa shape index (κ2) is 15.1. The fraction of sp³-hybridized carbons (Fsp3) is 0.0154. The molecule has 2 aromatic heterocycles. The minimum atomic E-state index is -0.540. The first-order chi connectivity index (χ1) is 33.8. The summed E-state index contributed by atoms with van der Waals surface area (Å²) in [6, 6.07) is 93.0. The number of fused-ring (bicyclic) bond motifs is 11. The van der Waals surface area contributed by atoms with E-state index in [1.54, 1.807) is 0 Å². The van der Waals surface area contributed by atoms with Crippen LogP contribution in [0.25, 0.3) is 82.5 Å². The molecule has 0 bridgehead atoms. The molecule has 3 heteroatoms. The van der Waals surface area contributed by atoms with Crippen LogP contribution >= 0.6 is 0 Å². The van der Waals surface area contributed by atoms with E-state index in [9.17, 15) is 0 Å². The first-order valence-corrected chi connectivity index (χ1v) is 23.4. The maximum absolute atomic E-state index is 6.58. The molecule has 13 aromatic rings. The van der Waals surface area contributed by atoms with E-state index in [4.69, 9.17) is 4.42 Å². The van der Waals surface area contributed by atoms with Crippen molar-refractivity contribution in [2.75, 3.05) is 4.90 Å². The van der Waals surface area contributed by atoms with Gasteiger partial charge in [-0.1, -0.05) is 200 Å². The highest BCUT2D eigenvalue weighted by atomic mass is 16.3. The summed E-state index contributed by atoms with van der Waals surface area (Å²) in [5, 5.41) is 7.14. The van der Waals surface area contributed by atoms with E-state index in [2.05, 4.69) is 258 Å². The lowest BCUT2D eigenvalue weighted by Crippen LogP contribution is -2.28. The van der Waals surface area contributed by atoms with Crippen LogP contribution in [0.1, 0.15) is 22.3 Å². The SMILES string of the molecule is c1ccc(-n2c3cc(-c4ccc(N(c5cccc6c5-c5ccccc5C6(c5ccccc5)c5ccccc5)c5cccc6oc7ccccc7c56)cc4)ccc3c3ccc4ccccc4c32)cc1. The molecule has 2 heterocycles. The van der Waals surface area contributed by atoms with E-state index in [0.717, 1.165) is 55.8 Å². The van der Waals surface area contributed by atoms with Crippen LogP contribution in [0.3, 0.4) is 0 Å². The Hall–Kier alpha value is -8.92. The summed E-state index contributed by atoms with van der Waals surface area (Å²) in [5.74, 6) is 0. The standard InChI is InChI=1S/C65H42N2O/c1-4-19-46(20-5-1)65(47-21-6-2-7-22-47)55-28-14-12-26-53(55)62-56(65)29-16-30-57(62)66(58-31-17-33-61-63(58)54-27-13-15-32-60(54)68-61)49-38-34-43(35-39-49)45-37-40-51-52-41-36-44-18-10-11-25-50(44)64(52)67(59(51)42-45)48-23-8-3-9-24-48/h1-42H. The summed E-state index contributed by atoms with van der Waals surface area (Å²) in [4.78, 5) is 2.47. The number of hydrogen-bond acceptors (Lipinski definition) is 2. The zero-order valence-electron chi connectivity index (χ0n) is 37.1. The minimum Gasteiger partial charge on any atom is -0.456 e. The Morgan fingerprint density at radius 2 is 1.00 bits per heavy atom. The predicted octanol–water partition coefficient (Wildman–Crippen LogP) is 17.3. The maximum atomic E-state index is 6.58. The van der Waals surface area contributed by atoms with Crippen LogP contribution in [0.15, 0.2) is 259 Å². The molecule has 0 saturated carbocycles. The summed E-state index contributed by atoms with van der Waals surface area (Å²) in [6.07, 6.45) is 0. The fourth-order valence-electron chi connectivity index (χ4n) is 11.6. The third-order valence-electron chi connectivity index (χ3n) is 14.4. The lowest BCUT2D eigenvalue weighted by atomic mass is 9.68. The summed E-state index contributed by atoms with van der Waals surface area (Å²) < 4.78 is 9.03. The Kier molecular flexibility index (Phi) is 8.50. The van der Waals surface area contributed by atoms with Crippen molar-refractivity contribution in [2.24, 2.45) is 0 Å². The van der Waals surface area contributed by atoms with Crippen LogP contribution in [-0.2, 0) is 5.41 Å². The Morgan fingerprint density at radius 3 is 1.79 bits per heavy atom. The van der Waals surface area contributed by atoms with Crippen molar-refractivity contribution in [2.45, 2.75) is 5.41 Å². The van der Waals surface area contributed by atoms with Gasteiger partial charge in [-0.25, -0.2) is 0 Å². The zero-order valence-corrected chi connectivity index (χ0v) is 37.1. The third-order valence-corrected chi connectivity index (χ3v) is 14.4. The molecule has 0 radical (unpaired) electrons. The van der Waals surface area contributed by atoms with E-state index in [1.165, 1.54) is 66.0 Å². The molecule has 0 N–H and O–H groups in total. The van der Waals surface area contributed by atoms with E-state index in [1.807, 2.05) is 6.07 Å². The predicted molar refractivity (Wildman–Crippen MR) is 283 cm³/mol. The second-order valence-electron chi connectivity index (χ2n) is 17.9. The molecular weight excluding hydrogens is 825 g/mol. The van der Waals surface area contributed by atoms with Crippen molar-refractivity contribution in [3.63, 3.8) is 0 Å². The van der Waals surface area contributed by atoms with Gasteiger partial charge in [-0.15, -0.1) is 0 Å². The molecule has 0 unspecified atom stereocenters. The summed E-state index contributed by atoms with van der Waals surface area (Å²) in [5.41, 5.74) is 17.7. The molecule has 0 fully saturated rings. The number of anilines is 3. The molecular formula is C65H42N2O. The van der Waals surface area contributed by atoms with Gasteiger partial charge in [0.2, 0.25) is 0 Å². The molecule has 1 aliphatic carbocycles. The highest BCUT2D eigenvalue weighted by Gasteiger charge is 2.47. The van der Waals surface area contributed by atoms with Crippen molar-refractivity contribution in [3.8, 4) is 27.9 Å². The molecule has 0 saturated heterocycles. The van der Waals surface area contributed by atoms with Crippen LogP contribution < -0.4 is 4.90 Å². The number of furan rings is 1. The molecule has 11 aromatic carbocycles. The number of hydrogen-bond donors (Lipinski definition) is 0. The third kappa shape index (κ3) is 5.54. The van der Waals surface area contributed by atoms with Gasteiger partial charge in [0.05, 0.1) is 33.2 Å². The van der Waals surface area contributed by atoms with Crippen molar-refractivity contribution in [1.29, 1.82) is 0 Å². The minimum absolute atomic E-state index is 0.540. The number of aromatic nitrogens is 1. The van der Waals surface area contributed by atoms with Gasteiger partial charge in [0, 0.05) is 38.5 Å².